The summed E-state index contributed by atoms with van der Waals surface area (Å²) in [5, 5.41) is 12.0. The van der Waals surface area contributed by atoms with Gasteiger partial charge in [0.05, 0.1) is 5.92 Å². The van der Waals surface area contributed by atoms with Gasteiger partial charge >= 0.3 is 5.97 Å². The molecule has 0 saturated carbocycles. The topological polar surface area (TPSA) is 75.6 Å². The third-order valence-corrected chi connectivity index (χ3v) is 3.66. The second-order valence-corrected chi connectivity index (χ2v) is 5.48. The molecule has 1 aliphatic heterocycles. The first-order valence-corrected chi connectivity index (χ1v) is 7.24. The number of nitrogens with one attached hydrogen (secondary N) is 1. The molecule has 2 atom stereocenters. The summed E-state index contributed by atoms with van der Waals surface area (Å²) in [6, 6.07) is 7.76. The van der Waals surface area contributed by atoms with Crippen molar-refractivity contribution in [2.45, 2.75) is 32.3 Å². The quantitative estimate of drug-likeness (QED) is 0.833. The number of aryl methyl sites for hydroxylation is 1. The lowest BCUT2D eigenvalue weighted by Gasteiger charge is -2.16. The van der Waals surface area contributed by atoms with Crippen LogP contribution in [0.2, 0.25) is 0 Å². The third kappa shape index (κ3) is 4.56. The van der Waals surface area contributed by atoms with Crippen molar-refractivity contribution in [2.75, 3.05) is 13.2 Å². The predicted octanol–water partition coefficient (Wildman–Crippen LogP) is 1.53. The molecule has 1 fully saturated rings. The van der Waals surface area contributed by atoms with Crippen molar-refractivity contribution in [1.82, 2.24) is 5.32 Å². The van der Waals surface area contributed by atoms with E-state index in [9.17, 15) is 14.7 Å². The largest absolute Gasteiger partial charge is 0.481 e. The molecular formula is C16H21NO4. The SMILES string of the molecule is Cc1cccc(C[C@H](CNC(=O)[C@@H]2CCCO2)C(=O)O)c1. The van der Waals surface area contributed by atoms with Crippen LogP contribution in [-0.2, 0) is 20.7 Å². The summed E-state index contributed by atoms with van der Waals surface area (Å²) in [4.78, 5) is 23.2. The molecule has 0 aliphatic carbocycles. The zero-order valence-electron chi connectivity index (χ0n) is 12.2. The Morgan fingerprint density at radius 3 is 2.90 bits per heavy atom. The summed E-state index contributed by atoms with van der Waals surface area (Å²) < 4.78 is 5.28. The number of carbonyl (C=O) groups excluding carboxylic acids is 1. The van der Waals surface area contributed by atoms with E-state index in [1.165, 1.54) is 0 Å². The first kappa shape index (κ1) is 15.5. The Kier molecular flexibility index (Phi) is 5.33. The maximum absolute atomic E-state index is 11.8. The van der Waals surface area contributed by atoms with Gasteiger partial charge in [0.2, 0.25) is 5.91 Å². The normalized spacial score (nSPS) is 19.2. The Morgan fingerprint density at radius 2 is 2.29 bits per heavy atom. The van der Waals surface area contributed by atoms with E-state index >= 15 is 0 Å². The van der Waals surface area contributed by atoms with Gasteiger partial charge in [-0.3, -0.25) is 9.59 Å². The molecule has 2 N–H and O–H groups in total. The monoisotopic (exact) mass is 291 g/mol. The number of amides is 1. The van der Waals surface area contributed by atoms with Gasteiger partial charge in [-0.05, 0) is 31.7 Å². The number of carbonyl (C=O) groups is 2. The Hall–Kier alpha value is -1.88. The summed E-state index contributed by atoms with van der Waals surface area (Å²) in [5.41, 5.74) is 2.06. The fourth-order valence-electron chi connectivity index (χ4n) is 2.49. The molecule has 1 aromatic rings. The van der Waals surface area contributed by atoms with E-state index in [2.05, 4.69) is 5.32 Å². The van der Waals surface area contributed by atoms with Gasteiger partial charge in [-0.25, -0.2) is 0 Å². The Morgan fingerprint density at radius 1 is 1.48 bits per heavy atom. The summed E-state index contributed by atoms with van der Waals surface area (Å²) in [5.74, 6) is -1.73. The zero-order chi connectivity index (χ0) is 15.2. The average Bonchev–Trinajstić information content (AvgIpc) is 2.97. The fraction of sp³-hybridized carbons (Fsp3) is 0.500. The number of hydrogen-bond donors (Lipinski definition) is 2. The standard InChI is InChI=1S/C16H21NO4/c1-11-4-2-5-12(8-11)9-13(16(19)20)10-17-15(18)14-6-3-7-21-14/h2,4-5,8,13-14H,3,6-7,9-10H2,1H3,(H,17,18)(H,19,20)/t13-,14+/m1/s1. The first-order valence-electron chi connectivity index (χ1n) is 7.24. The van der Waals surface area contributed by atoms with E-state index in [-0.39, 0.29) is 12.5 Å². The van der Waals surface area contributed by atoms with Crippen molar-refractivity contribution in [3.05, 3.63) is 35.4 Å². The summed E-state index contributed by atoms with van der Waals surface area (Å²) >= 11 is 0. The molecule has 0 aromatic heterocycles. The van der Waals surface area contributed by atoms with E-state index < -0.39 is 18.0 Å². The second kappa shape index (κ2) is 7.22. The van der Waals surface area contributed by atoms with Crippen LogP contribution in [0.15, 0.2) is 24.3 Å². The molecule has 21 heavy (non-hydrogen) atoms. The Labute approximate surface area is 124 Å². The maximum atomic E-state index is 11.8. The lowest BCUT2D eigenvalue weighted by Crippen LogP contribution is -2.39. The van der Waals surface area contributed by atoms with E-state index in [0.29, 0.717) is 19.4 Å². The van der Waals surface area contributed by atoms with Gasteiger partial charge in [0.25, 0.3) is 0 Å². The number of carboxylic acids is 1. The highest BCUT2D eigenvalue weighted by Gasteiger charge is 2.25. The van der Waals surface area contributed by atoms with Crippen LogP contribution in [0.1, 0.15) is 24.0 Å². The smallest absolute Gasteiger partial charge is 0.308 e. The van der Waals surface area contributed by atoms with E-state index in [0.717, 1.165) is 17.5 Å². The van der Waals surface area contributed by atoms with Crippen LogP contribution in [0, 0.1) is 12.8 Å². The fourth-order valence-corrected chi connectivity index (χ4v) is 2.49. The minimum atomic E-state index is -0.899. The molecule has 114 valence electrons. The molecule has 0 bridgehead atoms. The second-order valence-electron chi connectivity index (χ2n) is 5.48. The molecule has 0 unspecified atom stereocenters. The van der Waals surface area contributed by atoms with Gasteiger partial charge < -0.3 is 15.2 Å². The minimum absolute atomic E-state index is 0.127. The van der Waals surface area contributed by atoms with E-state index in [4.69, 9.17) is 4.74 Å². The van der Waals surface area contributed by atoms with E-state index in [1.54, 1.807) is 0 Å². The van der Waals surface area contributed by atoms with Crippen LogP contribution < -0.4 is 5.32 Å². The number of hydrogen-bond acceptors (Lipinski definition) is 3. The highest BCUT2D eigenvalue weighted by Crippen LogP contribution is 2.13. The highest BCUT2D eigenvalue weighted by atomic mass is 16.5. The van der Waals surface area contributed by atoms with Crippen LogP contribution >= 0.6 is 0 Å². The maximum Gasteiger partial charge on any atom is 0.308 e. The molecule has 5 nitrogen and oxygen atoms in total. The molecule has 0 radical (unpaired) electrons. The van der Waals surface area contributed by atoms with Gasteiger partial charge in [-0.1, -0.05) is 29.8 Å². The number of aliphatic carboxylic acids is 1. The molecular weight excluding hydrogens is 270 g/mol. The molecule has 1 amide bonds. The summed E-state index contributed by atoms with van der Waals surface area (Å²) in [6.45, 7) is 2.70. The Bertz CT molecular complexity index is 509. The van der Waals surface area contributed by atoms with Crippen molar-refractivity contribution in [3.8, 4) is 0 Å². The molecule has 1 saturated heterocycles. The molecule has 5 heteroatoms. The van der Waals surface area contributed by atoms with E-state index in [1.807, 2.05) is 31.2 Å². The average molecular weight is 291 g/mol. The van der Waals surface area contributed by atoms with Crippen molar-refractivity contribution >= 4 is 11.9 Å². The first-order chi connectivity index (χ1) is 10.1. The van der Waals surface area contributed by atoms with Crippen molar-refractivity contribution in [1.29, 1.82) is 0 Å². The molecule has 2 rings (SSSR count). The Balaban J connectivity index is 1.90. The van der Waals surface area contributed by atoms with Gasteiger partial charge in [0, 0.05) is 13.2 Å². The molecule has 1 heterocycles. The van der Waals surface area contributed by atoms with Crippen LogP contribution in [0.3, 0.4) is 0 Å². The van der Waals surface area contributed by atoms with Gasteiger partial charge in [0.15, 0.2) is 0 Å². The summed E-state index contributed by atoms with van der Waals surface area (Å²) in [7, 11) is 0. The van der Waals surface area contributed by atoms with Crippen molar-refractivity contribution < 1.29 is 19.4 Å². The van der Waals surface area contributed by atoms with Crippen molar-refractivity contribution in [3.63, 3.8) is 0 Å². The minimum Gasteiger partial charge on any atom is -0.481 e. The van der Waals surface area contributed by atoms with Gasteiger partial charge in [-0.15, -0.1) is 0 Å². The third-order valence-electron chi connectivity index (χ3n) is 3.66. The number of rotatable bonds is 6. The highest BCUT2D eigenvalue weighted by molar-refractivity contribution is 5.81. The molecule has 0 spiro atoms. The van der Waals surface area contributed by atoms with Gasteiger partial charge in [0.1, 0.15) is 6.10 Å². The lowest BCUT2D eigenvalue weighted by atomic mass is 9.98. The van der Waals surface area contributed by atoms with Crippen LogP contribution in [0.5, 0.6) is 0 Å². The number of ether oxygens (including phenoxy) is 1. The molecule has 1 aromatic carbocycles. The van der Waals surface area contributed by atoms with Crippen LogP contribution in [0.4, 0.5) is 0 Å². The number of carboxylic acid groups (broad SMARTS) is 1. The molecule has 1 aliphatic rings. The predicted molar refractivity (Wildman–Crippen MR) is 78.0 cm³/mol. The summed E-state index contributed by atoms with van der Waals surface area (Å²) in [6.07, 6.45) is 1.58. The van der Waals surface area contributed by atoms with Crippen LogP contribution in [-0.4, -0.2) is 36.2 Å². The lowest BCUT2D eigenvalue weighted by molar-refractivity contribution is -0.141. The van der Waals surface area contributed by atoms with Gasteiger partial charge in [-0.2, -0.15) is 0 Å². The van der Waals surface area contributed by atoms with Crippen molar-refractivity contribution in [2.24, 2.45) is 5.92 Å². The number of benzene rings is 1. The zero-order valence-corrected chi connectivity index (χ0v) is 12.2. The van der Waals surface area contributed by atoms with Crippen LogP contribution in [0.25, 0.3) is 0 Å².